The Balaban J connectivity index is 2.34. The molecule has 0 saturated carbocycles. The molecule has 0 aliphatic carbocycles. The summed E-state index contributed by atoms with van der Waals surface area (Å²) in [5.74, 6) is -1.89. The van der Waals surface area contributed by atoms with E-state index in [-0.39, 0.29) is 15.9 Å². The van der Waals surface area contributed by atoms with Crippen molar-refractivity contribution in [3.8, 4) is 5.75 Å². The number of nitro groups is 1. The van der Waals surface area contributed by atoms with Gasteiger partial charge >= 0.3 is 17.9 Å². The van der Waals surface area contributed by atoms with Gasteiger partial charge in [0.05, 0.1) is 15.2 Å². The van der Waals surface area contributed by atoms with Crippen molar-refractivity contribution in [2.24, 2.45) is 5.41 Å². The summed E-state index contributed by atoms with van der Waals surface area (Å²) in [6.07, 6.45) is 0.222. The van der Waals surface area contributed by atoms with Gasteiger partial charge in [0, 0.05) is 6.54 Å². The van der Waals surface area contributed by atoms with Gasteiger partial charge in [-0.25, -0.2) is 4.79 Å². The van der Waals surface area contributed by atoms with Gasteiger partial charge in [0.25, 0.3) is 0 Å². The Labute approximate surface area is 157 Å². The van der Waals surface area contributed by atoms with Gasteiger partial charge in [0.15, 0.2) is 0 Å². The van der Waals surface area contributed by atoms with Crippen LogP contribution in [-0.4, -0.2) is 44.7 Å². The second kappa shape index (κ2) is 6.89. The summed E-state index contributed by atoms with van der Waals surface area (Å²) < 4.78 is 20.0. The molecular weight excluding hydrogens is 448 g/mol. The van der Waals surface area contributed by atoms with Crippen LogP contribution >= 0.6 is 22.6 Å². The highest BCUT2D eigenvalue weighted by molar-refractivity contribution is 14.1. The quantitative estimate of drug-likeness (QED) is 0.314. The van der Waals surface area contributed by atoms with Crippen LogP contribution < -0.4 is 4.74 Å². The van der Waals surface area contributed by atoms with Crippen LogP contribution in [0.5, 0.6) is 5.75 Å². The van der Waals surface area contributed by atoms with E-state index >= 15 is 0 Å². The largest absolute Gasteiger partial charge is 0.484 e. The lowest BCUT2D eigenvalue weighted by Gasteiger charge is -2.46. The van der Waals surface area contributed by atoms with E-state index in [4.69, 9.17) is 4.74 Å². The summed E-state index contributed by atoms with van der Waals surface area (Å²) in [6.45, 7) is 6.05. The first kappa shape index (κ1) is 19.6. The smallest absolute Gasteiger partial charge is 0.407 e. The molecule has 1 unspecified atom stereocenters. The zero-order chi connectivity index (χ0) is 19.0. The number of halogens is 2. The Kier molecular flexibility index (Phi) is 5.40. The number of nitrogens with zero attached hydrogens (tertiary/aromatic N) is 3. The third-order valence-corrected chi connectivity index (χ3v) is 5.43. The Morgan fingerprint density at radius 2 is 2.24 bits per heavy atom. The standard InChI is InChI=1S/C15H19FIN3O5/c1-14(2,3)15(5-4-6-19(15)13(21)22)8-25-11-9(17)7-10(20(23)24)18-12(11)16/h7H,4-6,8H2,1-3H3,(H,21,22). The fraction of sp³-hybridized carbons (Fsp3) is 0.600. The van der Waals surface area contributed by atoms with Crippen LogP contribution in [0.2, 0.25) is 0 Å². The number of likely N-dealkylation sites (tertiary alicyclic amines) is 1. The van der Waals surface area contributed by atoms with Crippen LogP contribution in [0.15, 0.2) is 6.07 Å². The molecule has 25 heavy (non-hydrogen) atoms. The van der Waals surface area contributed by atoms with E-state index < -0.39 is 33.7 Å². The zero-order valence-electron chi connectivity index (χ0n) is 14.1. The number of aromatic nitrogens is 1. The van der Waals surface area contributed by atoms with Crippen LogP contribution in [0.3, 0.4) is 0 Å². The molecule has 2 heterocycles. The summed E-state index contributed by atoms with van der Waals surface area (Å²) in [6, 6.07) is 1.12. The molecular formula is C15H19FIN3O5. The van der Waals surface area contributed by atoms with E-state index in [9.17, 15) is 24.4 Å². The number of carboxylic acid groups (broad SMARTS) is 1. The van der Waals surface area contributed by atoms with E-state index in [1.54, 1.807) is 22.6 Å². The molecule has 0 bridgehead atoms. The number of carbonyl (C=O) groups is 1. The maximum atomic E-state index is 14.1. The molecule has 1 aliphatic heterocycles. The molecule has 1 atom stereocenters. The predicted molar refractivity (Wildman–Crippen MR) is 95.2 cm³/mol. The first-order valence-corrected chi connectivity index (χ1v) is 8.71. The molecule has 138 valence electrons. The fourth-order valence-electron chi connectivity index (χ4n) is 3.18. The lowest BCUT2D eigenvalue weighted by Crippen LogP contribution is -2.59. The number of ether oxygens (including phenoxy) is 1. The summed E-state index contributed by atoms with van der Waals surface area (Å²) in [5.41, 5.74) is -1.27. The molecule has 1 N–H and O–H groups in total. The lowest BCUT2D eigenvalue weighted by atomic mass is 9.72. The molecule has 1 aromatic rings. The Morgan fingerprint density at radius 3 is 2.72 bits per heavy atom. The molecule has 0 spiro atoms. The van der Waals surface area contributed by atoms with E-state index in [0.717, 1.165) is 6.07 Å². The number of amides is 1. The topological polar surface area (TPSA) is 106 Å². The Morgan fingerprint density at radius 1 is 1.60 bits per heavy atom. The molecule has 8 nitrogen and oxygen atoms in total. The van der Waals surface area contributed by atoms with Gasteiger partial charge < -0.3 is 20.0 Å². The monoisotopic (exact) mass is 467 g/mol. The van der Waals surface area contributed by atoms with Gasteiger partial charge in [-0.3, -0.25) is 4.90 Å². The van der Waals surface area contributed by atoms with E-state index in [2.05, 4.69) is 4.98 Å². The Bertz CT molecular complexity index is 686. The van der Waals surface area contributed by atoms with Crippen molar-refractivity contribution in [1.29, 1.82) is 0 Å². The van der Waals surface area contributed by atoms with Crippen molar-refractivity contribution >= 4 is 34.5 Å². The third-order valence-electron chi connectivity index (χ3n) is 4.63. The minimum atomic E-state index is -1.08. The second-order valence-corrected chi connectivity index (χ2v) is 8.11. The molecule has 1 amide bonds. The predicted octanol–water partition coefficient (Wildman–Crippen LogP) is 3.67. The van der Waals surface area contributed by atoms with Gasteiger partial charge in [0.1, 0.15) is 6.61 Å². The van der Waals surface area contributed by atoms with Crippen molar-refractivity contribution in [1.82, 2.24) is 9.88 Å². The fourth-order valence-corrected chi connectivity index (χ4v) is 3.84. The number of pyridine rings is 1. The van der Waals surface area contributed by atoms with E-state index in [1.807, 2.05) is 20.8 Å². The summed E-state index contributed by atoms with van der Waals surface area (Å²) in [5, 5.41) is 20.3. The number of rotatable bonds is 4. The average molecular weight is 467 g/mol. The minimum Gasteiger partial charge on any atom is -0.484 e. The number of hydrogen-bond acceptors (Lipinski definition) is 5. The van der Waals surface area contributed by atoms with Crippen molar-refractivity contribution in [3.63, 3.8) is 0 Å². The second-order valence-electron chi connectivity index (χ2n) is 6.95. The van der Waals surface area contributed by atoms with Gasteiger partial charge in [0.2, 0.25) is 5.75 Å². The maximum absolute atomic E-state index is 14.1. The molecule has 1 fully saturated rings. The zero-order valence-corrected chi connectivity index (χ0v) is 16.2. The van der Waals surface area contributed by atoms with Crippen molar-refractivity contribution in [3.05, 3.63) is 25.7 Å². The first-order chi connectivity index (χ1) is 11.5. The van der Waals surface area contributed by atoms with Crippen LogP contribution in [0, 0.1) is 25.0 Å². The maximum Gasteiger partial charge on any atom is 0.407 e. The highest BCUT2D eigenvalue weighted by atomic mass is 127. The van der Waals surface area contributed by atoms with Crippen LogP contribution in [-0.2, 0) is 0 Å². The molecule has 10 heteroatoms. The average Bonchev–Trinajstić information content (AvgIpc) is 2.91. The summed E-state index contributed by atoms with van der Waals surface area (Å²) in [7, 11) is 0. The third kappa shape index (κ3) is 3.62. The summed E-state index contributed by atoms with van der Waals surface area (Å²) >= 11 is 1.74. The molecule has 0 radical (unpaired) electrons. The van der Waals surface area contributed by atoms with Gasteiger partial charge in [-0.2, -0.15) is 4.39 Å². The SMILES string of the molecule is CC(C)(C)C1(COc2c(I)cc([N+](=O)[O-])nc2F)CCCN1C(=O)O. The van der Waals surface area contributed by atoms with Gasteiger partial charge in [-0.15, -0.1) is 0 Å². The molecule has 1 saturated heterocycles. The van der Waals surface area contributed by atoms with Crippen molar-refractivity contribution in [2.75, 3.05) is 13.2 Å². The van der Waals surface area contributed by atoms with Gasteiger partial charge in [-0.1, -0.05) is 20.8 Å². The first-order valence-electron chi connectivity index (χ1n) is 7.63. The van der Waals surface area contributed by atoms with Crippen LogP contribution in [0.25, 0.3) is 0 Å². The normalized spacial score (nSPS) is 20.6. The van der Waals surface area contributed by atoms with Gasteiger partial charge in [-0.05, 0) is 50.8 Å². The van der Waals surface area contributed by atoms with Crippen LogP contribution in [0.4, 0.5) is 15.0 Å². The molecule has 2 rings (SSSR count). The lowest BCUT2D eigenvalue weighted by molar-refractivity contribution is -0.390. The van der Waals surface area contributed by atoms with Crippen molar-refractivity contribution in [2.45, 2.75) is 39.2 Å². The van der Waals surface area contributed by atoms with E-state index in [1.165, 1.54) is 4.90 Å². The number of hydrogen-bond donors (Lipinski definition) is 1. The van der Waals surface area contributed by atoms with Crippen molar-refractivity contribution < 1.29 is 24.0 Å². The highest BCUT2D eigenvalue weighted by Crippen LogP contribution is 2.44. The van der Waals surface area contributed by atoms with E-state index in [0.29, 0.717) is 19.4 Å². The molecule has 1 aliphatic rings. The summed E-state index contributed by atoms with van der Waals surface area (Å²) in [4.78, 5) is 26.2. The van der Waals surface area contributed by atoms with Crippen LogP contribution in [0.1, 0.15) is 33.6 Å². The molecule has 1 aromatic heterocycles. The molecule has 0 aromatic carbocycles. The highest BCUT2D eigenvalue weighted by Gasteiger charge is 2.52. The minimum absolute atomic E-state index is 0.0603. The Hall–Kier alpha value is -1.72.